The number of likely N-dealkylation sites (tertiary alicyclic amines) is 1. The first kappa shape index (κ1) is 20.6. The fourth-order valence-electron chi connectivity index (χ4n) is 4.94. The lowest BCUT2D eigenvalue weighted by Gasteiger charge is -2.41. The van der Waals surface area contributed by atoms with Gasteiger partial charge >= 0.3 is 0 Å². The average Bonchev–Trinajstić information content (AvgIpc) is 3.50. The Labute approximate surface area is 186 Å². The fourth-order valence-corrected chi connectivity index (χ4v) is 4.94. The summed E-state index contributed by atoms with van der Waals surface area (Å²) in [5.41, 5.74) is 2.09. The number of ether oxygens (including phenoxy) is 1. The number of carbonyl (C=O) groups is 1. The molecule has 3 aromatic heterocycles. The van der Waals surface area contributed by atoms with Gasteiger partial charge in [-0.2, -0.15) is 10.4 Å². The first-order valence-corrected chi connectivity index (χ1v) is 11.2. The van der Waals surface area contributed by atoms with Gasteiger partial charge in [0, 0.05) is 56.1 Å². The molecule has 2 aliphatic rings. The summed E-state index contributed by atoms with van der Waals surface area (Å²) >= 11 is 0. The van der Waals surface area contributed by atoms with Crippen molar-refractivity contribution in [1.82, 2.24) is 29.6 Å². The number of hydrogen-bond donors (Lipinski definition) is 1. The van der Waals surface area contributed by atoms with Crippen LogP contribution in [0.4, 0.5) is 0 Å². The molecule has 5 rings (SSSR count). The van der Waals surface area contributed by atoms with Crippen LogP contribution in [0.2, 0.25) is 0 Å². The van der Waals surface area contributed by atoms with Crippen LogP contribution in [0.1, 0.15) is 38.5 Å². The summed E-state index contributed by atoms with van der Waals surface area (Å²) in [5, 5.41) is 15.1. The van der Waals surface area contributed by atoms with Crippen molar-refractivity contribution in [2.45, 2.75) is 44.1 Å². The molecule has 0 unspecified atom stereocenters. The highest BCUT2D eigenvalue weighted by molar-refractivity contribution is 5.90. The third-order valence-electron chi connectivity index (χ3n) is 6.96. The molecule has 2 fully saturated rings. The lowest BCUT2D eigenvalue weighted by molar-refractivity contribution is -0.135. The first-order valence-electron chi connectivity index (χ1n) is 11.2. The summed E-state index contributed by atoms with van der Waals surface area (Å²) in [6, 6.07) is 4.31. The van der Waals surface area contributed by atoms with Crippen LogP contribution in [0.3, 0.4) is 0 Å². The van der Waals surface area contributed by atoms with Crippen molar-refractivity contribution in [2.75, 3.05) is 26.3 Å². The van der Waals surface area contributed by atoms with Crippen LogP contribution in [0, 0.1) is 17.2 Å². The Balaban J connectivity index is 1.32. The van der Waals surface area contributed by atoms with E-state index in [0.29, 0.717) is 44.7 Å². The maximum Gasteiger partial charge on any atom is 0.222 e. The van der Waals surface area contributed by atoms with E-state index < -0.39 is 5.54 Å². The Morgan fingerprint density at radius 1 is 1.28 bits per heavy atom. The van der Waals surface area contributed by atoms with Crippen LogP contribution in [-0.2, 0) is 15.1 Å². The maximum atomic E-state index is 12.8. The zero-order chi connectivity index (χ0) is 22.0. The van der Waals surface area contributed by atoms with Crippen molar-refractivity contribution < 1.29 is 9.53 Å². The van der Waals surface area contributed by atoms with E-state index in [1.807, 2.05) is 28.0 Å². The van der Waals surface area contributed by atoms with Crippen molar-refractivity contribution in [1.29, 1.82) is 5.26 Å². The molecule has 0 atom stereocenters. The lowest BCUT2D eigenvalue weighted by Crippen LogP contribution is -2.48. The van der Waals surface area contributed by atoms with E-state index in [9.17, 15) is 10.1 Å². The third kappa shape index (κ3) is 3.86. The third-order valence-corrected chi connectivity index (χ3v) is 6.96. The minimum absolute atomic E-state index is 0.222. The number of H-pyrrole nitrogens is 1. The SMILES string of the molecule is N#CCC1(n2cc(-c3ncnc4[nH]ccc34)cn2)CCN(C(=O)CC2CCOCC2)CC1. The van der Waals surface area contributed by atoms with E-state index in [1.54, 1.807) is 12.5 Å². The molecule has 0 spiro atoms. The topological polar surface area (TPSA) is 113 Å². The second-order valence-electron chi connectivity index (χ2n) is 8.84. The minimum Gasteiger partial charge on any atom is -0.381 e. The molecule has 32 heavy (non-hydrogen) atoms. The minimum atomic E-state index is -0.410. The molecule has 9 heteroatoms. The van der Waals surface area contributed by atoms with Crippen molar-refractivity contribution in [2.24, 2.45) is 5.92 Å². The summed E-state index contributed by atoms with van der Waals surface area (Å²) in [6.07, 6.45) is 11.5. The quantitative estimate of drug-likeness (QED) is 0.662. The number of nitrogens with one attached hydrogen (secondary N) is 1. The monoisotopic (exact) mass is 433 g/mol. The number of nitrogens with zero attached hydrogens (tertiary/aromatic N) is 6. The number of carbonyl (C=O) groups excluding carboxylic acids is 1. The molecule has 0 bridgehead atoms. The van der Waals surface area contributed by atoms with Crippen molar-refractivity contribution in [3.05, 3.63) is 31.0 Å². The van der Waals surface area contributed by atoms with Crippen LogP contribution in [0.5, 0.6) is 0 Å². The number of nitriles is 1. The Morgan fingerprint density at radius 2 is 2.09 bits per heavy atom. The molecule has 9 nitrogen and oxygen atoms in total. The normalized spacial score (nSPS) is 19.2. The van der Waals surface area contributed by atoms with Crippen LogP contribution in [-0.4, -0.2) is 61.8 Å². The summed E-state index contributed by atoms with van der Waals surface area (Å²) in [7, 11) is 0. The van der Waals surface area contributed by atoms with Crippen LogP contribution in [0.15, 0.2) is 31.0 Å². The zero-order valence-electron chi connectivity index (χ0n) is 18.0. The van der Waals surface area contributed by atoms with Gasteiger partial charge in [0.2, 0.25) is 5.91 Å². The summed E-state index contributed by atoms with van der Waals surface area (Å²) in [6.45, 7) is 2.81. The van der Waals surface area contributed by atoms with Gasteiger partial charge in [0.25, 0.3) is 0 Å². The first-order chi connectivity index (χ1) is 15.7. The molecule has 1 N–H and O–H groups in total. The molecule has 0 saturated carbocycles. The van der Waals surface area contributed by atoms with Crippen molar-refractivity contribution in [3.8, 4) is 17.3 Å². The van der Waals surface area contributed by atoms with Gasteiger partial charge < -0.3 is 14.6 Å². The molecule has 166 valence electrons. The molecular weight excluding hydrogens is 406 g/mol. The summed E-state index contributed by atoms with van der Waals surface area (Å²) in [5.74, 6) is 0.647. The fraction of sp³-hybridized carbons (Fsp3) is 0.522. The highest BCUT2D eigenvalue weighted by atomic mass is 16.5. The largest absolute Gasteiger partial charge is 0.381 e. The molecule has 3 aromatic rings. The van der Waals surface area contributed by atoms with Crippen molar-refractivity contribution in [3.63, 3.8) is 0 Å². The number of aromatic nitrogens is 5. The van der Waals surface area contributed by atoms with Gasteiger partial charge in [0.15, 0.2) is 0 Å². The summed E-state index contributed by atoms with van der Waals surface area (Å²) in [4.78, 5) is 26.6. The van der Waals surface area contributed by atoms with Gasteiger partial charge in [-0.15, -0.1) is 0 Å². The van der Waals surface area contributed by atoms with E-state index in [0.717, 1.165) is 48.3 Å². The Bertz CT molecular complexity index is 1130. The maximum absolute atomic E-state index is 12.8. The molecule has 0 aromatic carbocycles. The molecule has 2 saturated heterocycles. The number of amides is 1. The van der Waals surface area contributed by atoms with E-state index in [-0.39, 0.29) is 5.91 Å². The number of piperidine rings is 1. The summed E-state index contributed by atoms with van der Waals surface area (Å²) < 4.78 is 7.33. The Hall–Kier alpha value is -3.25. The number of aromatic amines is 1. The average molecular weight is 434 g/mol. The van der Waals surface area contributed by atoms with Crippen LogP contribution >= 0.6 is 0 Å². The lowest BCUT2D eigenvalue weighted by atomic mass is 9.84. The smallest absolute Gasteiger partial charge is 0.222 e. The molecule has 0 aliphatic carbocycles. The van der Waals surface area contributed by atoms with Gasteiger partial charge in [0.1, 0.15) is 12.0 Å². The predicted octanol–water partition coefficient (Wildman–Crippen LogP) is 2.87. The van der Waals surface area contributed by atoms with E-state index in [4.69, 9.17) is 4.74 Å². The van der Waals surface area contributed by atoms with Crippen LogP contribution in [0.25, 0.3) is 22.3 Å². The van der Waals surface area contributed by atoms with Gasteiger partial charge in [-0.3, -0.25) is 9.48 Å². The number of fused-ring (bicyclic) bond motifs is 1. The second kappa shape index (κ2) is 8.71. The van der Waals surface area contributed by atoms with E-state index >= 15 is 0 Å². The molecule has 0 radical (unpaired) electrons. The number of rotatable bonds is 5. The Morgan fingerprint density at radius 3 is 2.88 bits per heavy atom. The molecule has 5 heterocycles. The highest BCUT2D eigenvalue weighted by Crippen LogP contribution is 2.35. The molecule has 1 amide bonds. The predicted molar refractivity (Wildman–Crippen MR) is 117 cm³/mol. The van der Waals surface area contributed by atoms with E-state index in [2.05, 4.69) is 26.1 Å². The standard InChI is InChI=1S/C23H27N7O2/c24-7-4-23(5-9-29(10-6-23)20(31)13-17-2-11-32-12-3-17)30-15-18(14-28-30)21-19-1-8-25-22(19)27-16-26-21/h1,8,14-17H,2-6,9-13H2,(H,25,26,27). The zero-order valence-corrected chi connectivity index (χ0v) is 18.0. The van der Waals surface area contributed by atoms with E-state index in [1.165, 1.54) is 0 Å². The van der Waals surface area contributed by atoms with Gasteiger partial charge in [-0.05, 0) is 37.7 Å². The van der Waals surface area contributed by atoms with Crippen LogP contribution < -0.4 is 0 Å². The van der Waals surface area contributed by atoms with Gasteiger partial charge in [0.05, 0.1) is 29.9 Å². The van der Waals surface area contributed by atoms with Gasteiger partial charge in [-0.1, -0.05) is 0 Å². The van der Waals surface area contributed by atoms with Gasteiger partial charge in [-0.25, -0.2) is 9.97 Å². The molecule has 2 aliphatic heterocycles. The Kier molecular flexibility index (Phi) is 5.62. The highest BCUT2D eigenvalue weighted by Gasteiger charge is 2.38. The molecular formula is C23H27N7O2. The number of hydrogen-bond acceptors (Lipinski definition) is 6. The second-order valence-corrected chi connectivity index (χ2v) is 8.84. The van der Waals surface area contributed by atoms with Crippen molar-refractivity contribution >= 4 is 16.9 Å².